The first-order valence-electron chi connectivity index (χ1n) is 2.58. The van der Waals surface area contributed by atoms with Gasteiger partial charge in [-0.05, 0) is 0 Å². The number of aromatic nitrogens is 1. The van der Waals surface area contributed by atoms with Crippen molar-refractivity contribution >= 4 is 17.3 Å². The van der Waals surface area contributed by atoms with Gasteiger partial charge < -0.3 is 10.8 Å². The van der Waals surface area contributed by atoms with Gasteiger partial charge in [-0.15, -0.1) is 11.3 Å². The molecule has 0 fully saturated rings. The molecule has 1 heterocycles. The van der Waals surface area contributed by atoms with E-state index in [2.05, 4.69) is 4.98 Å². The highest BCUT2D eigenvalue weighted by Gasteiger charge is 2.14. The Morgan fingerprint density at radius 2 is 2.60 bits per heavy atom. The monoisotopic (exact) mass is 158 g/mol. The van der Waals surface area contributed by atoms with Gasteiger partial charge in [0.15, 0.2) is 0 Å². The molecule has 1 atom stereocenters. The van der Waals surface area contributed by atoms with Gasteiger partial charge in [0.2, 0.25) is 0 Å². The van der Waals surface area contributed by atoms with E-state index in [4.69, 9.17) is 10.8 Å². The van der Waals surface area contributed by atoms with Gasteiger partial charge in [-0.3, -0.25) is 9.78 Å². The minimum Gasteiger partial charge on any atom is -0.480 e. The molecule has 1 aromatic rings. The number of carbonyl (C=O) groups is 1. The van der Waals surface area contributed by atoms with Gasteiger partial charge in [0, 0.05) is 6.20 Å². The van der Waals surface area contributed by atoms with Crippen molar-refractivity contribution in [2.45, 2.75) is 6.04 Å². The highest BCUT2D eigenvalue weighted by molar-refractivity contribution is 7.09. The molecule has 10 heavy (non-hydrogen) atoms. The lowest BCUT2D eigenvalue weighted by molar-refractivity contribution is -0.138. The van der Waals surface area contributed by atoms with Gasteiger partial charge in [0.05, 0.1) is 10.4 Å². The lowest BCUT2D eigenvalue weighted by Gasteiger charge is -1.99. The van der Waals surface area contributed by atoms with E-state index in [-0.39, 0.29) is 0 Å². The van der Waals surface area contributed by atoms with Gasteiger partial charge in [0.25, 0.3) is 0 Å². The minimum absolute atomic E-state index is 0.576. The van der Waals surface area contributed by atoms with Crippen LogP contribution in [0.2, 0.25) is 0 Å². The molecule has 1 aromatic heterocycles. The zero-order chi connectivity index (χ0) is 7.56. The summed E-state index contributed by atoms with van der Waals surface area (Å²) in [5.74, 6) is -1.02. The number of nitrogens with two attached hydrogens (primary N) is 1. The number of rotatable bonds is 2. The molecular formula is C5H6N2O2S. The Bertz CT molecular complexity index is 222. The lowest BCUT2D eigenvalue weighted by Crippen LogP contribution is -2.19. The average molecular weight is 158 g/mol. The first kappa shape index (κ1) is 7.17. The van der Waals surface area contributed by atoms with E-state index in [1.54, 1.807) is 5.51 Å². The quantitative estimate of drug-likeness (QED) is 0.645. The predicted molar refractivity (Wildman–Crippen MR) is 36.7 cm³/mol. The van der Waals surface area contributed by atoms with Gasteiger partial charge in [0.1, 0.15) is 6.04 Å². The highest BCUT2D eigenvalue weighted by atomic mass is 32.1. The molecule has 0 amide bonds. The molecule has 0 bridgehead atoms. The summed E-state index contributed by atoms with van der Waals surface area (Å²) in [6, 6.07) is -0.924. The van der Waals surface area contributed by atoms with E-state index < -0.39 is 12.0 Å². The molecule has 0 saturated heterocycles. The number of hydrogen-bond acceptors (Lipinski definition) is 4. The van der Waals surface area contributed by atoms with E-state index in [1.165, 1.54) is 17.5 Å². The first-order chi connectivity index (χ1) is 4.72. The average Bonchev–Trinajstić information content (AvgIpc) is 2.36. The fraction of sp³-hybridized carbons (Fsp3) is 0.200. The van der Waals surface area contributed by atoms with Crippen molar-refractivity contribution < 1.29 is 9.90 Å². The Morgan fingerprint density at radius 1 is 1.90 bits per heavy atom. The number of carboxylic acid groups (broad SMARTS) is 1. The standard InChI is InChI=1S/C5H6N2O2S/c6-4(5(8)9)3-1-7-2-10-3/h1-2,4H,6H2,(H,8,9). The maximum absolute atomic E-state index is 10.3. The topological polar surface area (TPSA) is 76.2 Å². The molecule has 0 aliphatic carbocycles. The second-order valence-electron chi connectivity index (χ2n) is 1.72. The minimum atomic E-state index is -1.02. The molecule has 5 heteroatoms. The predicted octanol–water partition coefficient (Wildman–Crippen LogP) is 0.228. The van der Waals surface area contributed by atoms with E-state index in [9.17, 15) is 4.79 Å². The maximum atomic E-state index is 10.3. The number of thiazole rings is 1. The number of carboxylic acids is 1. The number of hydrogen-bond donors (Lipinski definition) is 2. The summed E-state index contributed by atoms with van der Waals surface area (Å²) in [7, 11) is 0. The van der Waals surface area contributed by atoms with Gasteiger partial charge in [-0.2, -0.15) is 0 Å². The normalized spacial score (nSPS) is 12.9. The Morgan fingerprint density at radius 3 is 3.00 bits per heavy atom. The van der Waals surface area contributed by atoms with Crippen LogP contribution in [-0.2, 0) is 4.79 Å². The van der Waals surface area contributed by atoms with Crippen LogP contribution in [0.4, 0.5) is 0 Å². The fourth-order valence-electron chi connectivity index (χ4n) is 0.501. The Labute approximate surface area is 61.3 Å². The van der Waals surface area contributed by atoms with Crippen molar-refractivity contribution in [2.75, 3.05) is 0 Å². The van der Waals surface area contributed by atoms with Gasteiger partial charge >= 0.3 is 5.97 Å². The summed E-state index contributed by atoms with van der Waals surface area (Å²) in [5.41, 5.74) is 6.81. The molecule has 0 aromatic carbocycles. The zero-order valence-electron chi connectivity index (χ0n) is 5.02. The van der Waals surface area contributed by atoms with Crippen LogP contribution in [0.3, 0.4) is 0 Å². The van der Waals surface area contributed by atoms with Gasteiger partial charge in [-0.1, -0.05) is 0 Å². The molecule has 0 aliphatic heterocycles. The van der Waals surface area contributed by atoms with Crippen LogP contribution in [0.1, 0.15) is 10.9 Å². The summed E-state index contributed by atoms with van der Waals surface area (Å²) in [6.07, 6.45) is 1.46. The lowest BCUT2D eigenvalue weighted by atomic mass is 10.3. The van der Waals surface area contributed by atoms with Crippen LogP contribution >= 0.6 is 11.3 Å². The molecule has 54 valence electrons. The summed E-state index contributed by atoms with van der Waals surface area (Å²) in [6.45, 7) is 0. The van der Waals surface area contributed by atoms with E-state index >= 15 is 0 Å². The second kappa shape index (κ2) is 2.76. The largest absolute Gasteiger partial charge is 0.480 e. The molecule has 1 rings (SSSR count). The Hall–Kier alpha value is -0.940. The van der Waals surface area contributed by atoms with Crippen molar-refractivity contribution in [3.8, 4) is 0 Å². The van der Waals surface area contributed by atoms with Crippen molar-refractivity contribution in [2.24, 2.45) is 5.73 Å². The van der Waals surface area contributed by atoms with Crippen LogP contribution < -0.4 is 5.73 Å². The van der Waals surface area contributed by atoms with Crippen LogP contribution in [0.5, 0.6) is 0 Å². The Balaban J connectivity index is 2.77. The van der Waals surface area contributed by atoms with E-state index in [1.807, 2.05) is 0 Å². The van der Waals surface area contributed by atoms with Crippen LogP contribution in [0.25, 0.3) is 0 Å². The molecule has 0 spiro atoms. The summed E-state index contributed by atoms with van der Waals surface area (Å²) < 4.78 is 0. The molecule has 0 radical (unpaired) electrons. The van der Waals surface area contributed by atoms with Crippen LogP contribution in [0, 0.1) is 0 Å². The Kier molecular flexibility index (Phi) is 1.98. The van der Waals surface area contributed by atoms with E-state index in [0.717, 1.165) is 0 Å². The third-order valence-corrected chi connectivity index (χ3v) is 1.88. The molecule has 0 saturated carbocycles. The van der Waals surface area contributed by atoms with Crippen molar-refractivity contribution in [1.29, 1.82) is 0 Å². The number of nitrogens with zero attached hydrogens (tertiary/aromatic N) is 1. The molecule has 1 unspecified atom stereocenters. The van der Waals surface area contributed by atoms with Gasteiger partial charge in [-0.25, -0.2) is 0 Å². The SMILES string of the molecule is NC(C(=O)O)c1cncs1. The first-order valence-corrected chi connectivity index (χ1v) is 3.46. The molecular weight excluding hydrogens is 152 g/mol. The smallest absolute Gasteiger partial charge is 0.326 e. The summed E-state index contributed by atoms with van der Waals surface area (Å²) in [5, 5.41) is 8.41. The zero-order valence-corrected chi connectivity index (χ0v) is 5.84. The molecule has 0 aliphatic rings. The fourth-order valence-corrected chi connectivity index (χ4v) is 1.11. The summed E-state index contributed by atoms with van der Waals surface area (Å²) >= 11 is 1.24. The maximum Gasteiger partial charge on any atom is 0.326 e. The highest BCUT2D eigenvalue weighted by Crippen LogP contribution is 2.13. The van der Waals surface area contributed by atoms with E-state index in [0.29, 0.717) is 4.88 Å². The summed E-state index contributed by atoms with van der Waals surface area (Å²) in [4.78, 5) is 14.5. The number of aliphatic carboxylic acids is 1. The molecule has 3 N–H and O–H groups in total. The third-order valence-electron chi connectivity index (χ3n) is 1.02. The van der Waals surface area contributed by atoms with Crippen molar-refractivity contribution in [1.82, 2.24) is 4.98 Å². The molecule has 4 nitrogen and oxygen atoms in total. The van der Waals surface area contributed by atoms with Crippen molar-refractivity contribution in [3.05, 3.63) is 16.6 Å². The second-order valence-corrected chi connectivity index (χ2v) is 2.64. The third kappa shape index (κ3) is 1.31. The van der Waals surface area contributed by atoms with Crippen LogP contribution in [0.15, 0.2) is 11.7 Å². The van der Waals surface area contributed by atoms with Crippen molar-refractivity contribution in [3.63, 3.8) is 0 Å². The van der Waals surface area contributed by atoms with Crippen LogP contribution in [-0.4, -0.2) is 16.1 Å².